The predicted octanol–water partition coefficient (Wildman–Crippen LogP) is 4.32. The molecule has 0 bridgehead atoms. The topological polar surface area (TPSA) is 140 Å². The lowest BCUT2D eigenvalue weighted by Crippen LogP contribution is -2.67. The maximum Gasteiger partial charge on any atom is 0.186 e. The van der Waals surface area contributed by atoms with E-state index >= 15 is 0 Å². The molecular formula is C36H62O8. The van der Waals surface area contributed by atoms with E-state index in [-0.39, 0.29) is 64.3 Å². The van der Waals surface area contributed by atoms with Gasteiger partial charge in [0, 0.05) is 8.22 Å². The lowest BCUT2D eigenvalue weighted by Gasteiger charge is -2.70. The van der Waals surface area contributed by atoms with Gasteiger partial charge in [-0.1, -0.05) is 46.3 Å². The fourth-order valence-corrected chi connectivity index (χ4v) is 11.7. The first-order valence-corrected chi connectivity index (χ1v) is 16.8. The van der Waals surface area contributed by atoms with Crippen LogP contribution in [0.2, 0.25) is 0 Å². The molecule has 15 atom stereocenters. The minimum absolute atomic E-state index is 0.107. The minimum Gasteiger partial charge on any atom is -0.394 e. The molecule has 44 heavy (non-hydrogen) atoms. The Kier molecular flexibility index (Phi) is 7.36. The molecule has 4 aliphatic carbocycles. The van der Waals surface area contributed by atoms with E-state index in [1.54, 1.807) is 6.92 Å². The van der Waals surface area contributed by atoms with Gasteiger partial charge in [-0.3, -0.25) is 0 Å². The summed E-state index contributed by atoms with van der Waals surface area (Å²) in [5.41, 5.74) is -2.74. The van der Waals surface area contributed by atoms with E-state index in [4.69, 9.17) is 17.7 Å². The molecular weight excluding hydrogens is 560 g/mol. The van der Waals surface area contributed by atoms with Crippen molar-refractivity contribution in [2.45, 2.75) is 162 Å². The van der Waals surface area contributed by atoms with Crippen LogP contribution < -0.4 is 0 Å². The van der Waals surface area contributed by atoms with Crippen molar-refractivity contribution in [3.05, 3.63) is 11.6 Å². The first-order chi connectivity index (χ1) is 22.8. The highest BCUT2D eigenvalue weighted by molar-refractivity contribution is 5.20. The highest BCUT2D eigenvalue weighted by Crippen LogP contribution is 2.76. The van der Waals surface area contributed by atoms with Crippen LogP contribution in [0.5, 0.6) is 0 Å². The van der Waals surface area contributed by atoms with E-state index in [2.05, 4.69) is 34.6 Å². The number of rotatable bonds is 7. The Bertz CT molecular complexity index is 1250. The standard InChI is InChI=1S/C36H62O8/c1-20(2)10-9-14-36(8,42)21-11-16-35(7)27(21)22(38)18-25-33(5)15-13-26(32(3,4)24(33)12-17-34(25,35)6)44-31-30(41)29(40)28(39)23(19-37)43-31/h10,21-31,37-42H,9,11-19H2,1-8H3/t21-,22-,23+,24?,25?,26+,27+,28+,29-,30+,31-,33-,34+,35-,36+/m0/s1/i1D3,2D3. The van der Waals surface area contributed by atoms with Crippen LogP contribution in [0.3, 0.4) is 0 Å². The van der Waals surface area contributed by atoms with Crippen LogP contribution in [0.25, 0.3) is 0 Å². The predicted molar refractivity (Wildman–Crippen MR) is 168 cm³/mol. The Morgan fingerprint density at radius 2 is 1.61 bits per heavy atom. The van der Waals surface area contributed by atoms with E-state index < -0.39 is 68.3 Å². The van der Waals surface area contributed by atoms with Crippen molar-refractivity contribution in [2.24, 2.45) is 45.3 Å². The van der Waals surface area contributed by atoms with Gasteiger partial charge in [-0.25, -0.2) is 0 Å². The molecule has 4 saturated carbocycles. The van der Waals surface area contributed by atoms with Gasteiger partial charge in [-0.2, -0.15) is 0 Å². The molecule has 254 valence electrons. The van der Waals surface area contributed by atoms with Crippen LogP contribution in [0.15, 0.2) is 11.6 Å². The molecule has 0 aromatic carbocycles. The third kappa shape index (κ3) is 5.26. The number of hydrogen-bond donors (Lipinski definition) is 6. The van der Waals surface area contributed by atoms with Crippen molar-refractivity contribution >= 4 is 0 Å². The van der Waals surface area contributed by atoms with Crippen molar-refractivity contribution in [1.82, 2.24) is 0 Å². The third-order valence-electron chi connectivity index (χ3n) is 14.3. The lowest BCUT2D eigenvalue weighted by molar-refractivity contribution is -0.332. The summed E-state index contributed by atoms with van der Waals surface area (Å²) < 4.78 is 58.3. The van der Waals surface area contributed by atoms with Crippen molar-refractivity contribution in [3.63, 3.8) is 0 Å². The van der Waals surface area contributed by atoms with Crippen LogP contribution >= 0.6 is 0 Å². The van der Waals surface area contributed by atoms with Gasteiger partial charge in [-0.05, 0) is 124 Å². The fraction of sp³-hybridized carbons (Fsp3) is 0.944. The smallest absolute Gasteiger partial charge is 0.186 e. The molecule has 0 spiro atoms. The molecule has 6 N–H and O–H groups in total. The van der Waals surface area contributed by atoms with Crippen LogP contribution in [0.4, 0.5) is 0 Å². The molecule has 2 unspecified atom stereocenters. The second-order valence-electron chi connectivity index (χ2n) is 16.7. The normalized spacial score (nSPS) is 54.0. The SMILES string of the molecule is [2H]C([2H])([2H])C(=CCC[C@@](C)(O)[C@H]1CC[C@@]2(C)[C@H]1[C@@H](O)CC1[C@@]3(C)CC[C@@H](O[C@@H]4O[C@H](CO)[C@@H](O)[C@H](O)[C@H]4O)C(C)(C)C3CC[C@]12C)C([2H])([2H])[2H]. The maximum atomic E-state index is 12.1. The second kappa shape index (κ2) is 11.8. The van der Waals surface area contributed by atoms with E-state index in [9.17, 15) is 30.6 Å². The monoisotopic (exact) mass is 628 g/mol. The molecule has 1 saturated heterocycles. The average molecular weight is 629 g/mol. The Labute approximate surface area is 273 Å². The van der Waals surface area contributed by atoms with Gasteiger partial charge in [0.15, 0.2) is 6.29 Å². The fourth-order valence-electron chi connectivity index (χ4n) is 11.7. The second-order valence-corrected chi connectivity index (χ2v) is 16.7. The largest absolute Gasteiger partial charge is 0.394 e. The van der Waals surface area contributed by atoms with Gasteiger partial charge in [0.2, 0.25) is 0 Å². The van der Waals surface area contributed by atoms with E-state index in [0.29, 0.717) is 19.3 Å². The first kappa shape index (κ1) is 27.4. The van der Waals surface area contributed by atoms with Crippen molar-refractivity contribution < 1.29 is 48.3 Å². The summed E-state index contributed by atoms with van der Waals surface area (Å²) in [7, 11) is 0. The maximum absolute atomic E-state index is 12.1. The van der Waals surface area contributed by atoms with Crippen LogP contribution in [0, 0.1) is 45.3 Å². The van der Waals surface area contributed by atoms with Gasteiger partial charge in [0.05, 0.1) is 24.4 Å². The van der Waals surface area contributed by atoms with E-state index in [1.165, 1.54) is 6.08 Å². The van der Waals surface area contributed by atoms with Gasteiger partial charge < -0.3 is 40.1 Å². The van der Waals surface area contributed by atoms with Crippen LogP contribution in [-0.2, 0) is 9.47 Å². The summed E-state index contributed by atoms with van der Waals surface area (Å²) in [4.78, 5) is 0. The summed E-state index contributed by atoms with van der Waals surface area (Å²) >= 11 is 0. The zero-order chi connectivity index (χ0) is 37.6. The zero-order valence-corrected chi connectivity index (χ0v) is 27.5. The summed E-state index contributed by atoms with van der Waals surface area (Å²) in [5, 5.41) is 65.0. The minimum atomic E-state index is -2.75. The zero-order valence-electron chi connectivity index (χ0n) is 33.5. The molecule has 0 aromatic heterocycles. The van der Waals surface area contributed by atoms with Crippen LogP contribution in [-0.4, -0.2) is 85.8 Å². The highest BCUT2D eigenvalue weighted by atomic mass is 16.7. The molecule has 5 aliphatic rings. The summed E-state index contributed by atoms with van der Waals surface area (Å²) in [5.74, 6) is -0.0132. The van der Waals surface area contributed by atoms with Crippen molar-refractivity contribution in [3.8, 4) is 0 Å². The van der Waals surface area contributed by atoms with Gasteiger partial charge in [-0.15, -0.1) is 0 Å². The Hall–Kier alpha value is -0.580. The number of aliphatic hydroxyl groups excluding tert-OH is 5. The number of hydrogen-bond acceptors (Lipinski definition) is 8. The summed E-state index contributed by atoms with van der Waals surface area (Å²) in [6.45, 7) is 7.10. The molecule has 0 aromatic rings. The van der Waals surface area contributed by atoms with Gasteiger partial charge >= 0.3 is 0 Å². The third-order valence-corrected chi connectivity index (χ3v) is 14.3. The molecule has 0 radical (unpaired) electrons. The highest BCUT2D eigenvalue weighted by Gasteiger charge is 2.71. The Morgan fingerprint density at radius 3 is 2.27 bits per heavy atom. The van der Waals surface area contributed by atoms with E-state index in [0.717, 1.165) is 25.7 Å². The Balaban J connectivity index is 1.35. The Morgan fingerprint density at radius 1 is 0.932 bits per heavy atom. The molecule has 5 fully saturated rings. The van der Waals surface area contributed by atoms with Gasteiger partial charge in [0.25, 0.3) is 0 Å². The number of ether oxygens (including phenoxy) is 2. The molecule has 1 heterocycles. The molecule has 1 aliphatic heterocycles. The molecule has 0 amide bonds. The lowest BCUT2D eigenvalue weighted by atomic mass is 9.35. The van der Waals surface area contributed by atoms with Gasteiger partial charge in [0.1, 0.15) is 24.4 Å². The number of allylic oxidation sites excluding steroid dienone is 2. The van der Waals surface area contributed by atoms with Crippen molar-refractivity contribution in [2.75, 3.05) is 6.61 Å². The number of aliphatic hydroxyl groups is 6. The summed E-state index contributed by atoms with van der Waals surface area (Å²) in [6, 6.07) is 0. The average Bonchev–Trinajstić information content (AvgIpc) is 3.37. The number of fused-ring (bicyclic) bond motifs is 5. The molecule has 8 nitrogen and oxygen atoms in total. The first-order valence-electron chi connectivity index (χ1n) is 19.8. The molecule has 5 rings (SSSR count). The van der Waals surface area contributed by atoms with E-state index in [1.807, 2.05) is 0 Å². The van der Waals surface area contributed by atoms with Crippen LogP contribution in [0.1, 0.15) is 121 Å². The van der Waals surface area contributed by atoms with Crippen molar-refractivity contribution in [1.29, 1.82) is 0 Å². The molecule has 8 heteroatoms. The quantitative estimate of drug-likeness (QED) is 0.181. The summed E-state index contributed by atoms with van der Waals surface area (Å²) in [6.07, 6.45) is -0.645.